The predicted octanol–water partition coefficient (Wildman–Crippen LogP) is 4.99. The highest BCUT2D eigenvalue weighted by Crippen LogP contribution is 2.38. The molecule has 1 aromatic carbocycles. The van der Waals surface area contributed by atoms with Crippen molar-refractivity contribution in [3.63, 3.8) is 0 Å². The topological polar surface area (TPSA) is 75.9 Å². The lowest BCUT2D eigenvalue weighted by molar-refractivity contribution is 0.0526. The summed E-state index contributed by atoms with van der Waals surface area (Å²) in [5.74, 6) is -0.987. The molecule has 3 aromatic heterocycles. The van der Waals surface area contributed by atoms with E-state index < -0.39 is 5.97 Å². The number of hydrogen-bond donors (Lipinski definition) is 1. The first-order chi connectivity index (χ1) is 16.4. The molecule has 0 atom stereocenters. The number of thiophene rings is 1. The number of thiazole rings is 1. The Kier molecular flexibility index (Phi) is 5.97. The fourth-order valence-electron chi connectivity index (χ4n) is 4.12. The fraction of sp³-hybridized carbons (Fsp3) is 0.292. The molecule has 1 N–H and O–H groups in total. The van der Waals surface area contributed by atoms with Crippen molar-refractivity contribution in [2.45, 2.75) is 26.8 Å². The van der Waals surface area contributed by atoms with E-state index in [0.29, 0.717) is 26.1 Å². The van der Waals surface area contributed by atoms with Gasteiger partial charge in [0.2, 0.25) is 0 Å². The molecule has 176 valence electrons. The number of ether oxygens (including phenoxy) is 1. The molecule has 4 heterocycles. The van der Waals surface area contributed by atoms with Crippen LogP contribution in [-0.2, 0) is 17.7 Å². The zero-order chi connectivity index (χ0) is 24.0. The standard InChI is InChI=1S/C24H23FN4O3S2/c1-4-32-23(31)19-16-9-10-28(3)12-18(16)33-22(19)27-21(30)20-13(2)29-11-17(26-24(29)34-20)14-5-7-15(25)8-6-14/h5-8,11H,4,9-10,12H2,1-3H3,(H,27,30). The van der Waals surface area contributed by atoms with Crippen LogP contribution >= 0.6 is 22.7 Å². The lowest BCUT2D eigenvalue weighted by atomic mass is 10.0. The predicted molar refractivity (Wildman–Crippen MR) is 131 cm³/mol. The van der Waals surface area contributed by atoms with Crippen molar-refractivity contribution in [3.05, 3.63) is 62.9 Å². The highest BCUT2D eigenvalue weighted by atomic mass is 32.1. The minimum absolute atomic E-state index is 0.272. The molecule has 0 aliphatic carbocycles. The summed E-state index contributed by atoms with van der Waals surface area (Å²) in [6.07, 6.45) is 2.58. The lowest BCUT2D eigenvalue weighted by Crippen LogP contribution is -2.26. The second kappa shape index (κ2) is 8.94. The molecule has 0 bridgehead atoms. The number of fused-ring (bicyclic) bond motifs is 2. The number of carbonyl (C=O) groups is 2. The van der Waals surface area contributed by atoms with Gasteiger partial charge in [0.15, 0.2) is 4.96 Å². The highest BCUT2D eigenvalue weighted by molar-refractivity contribution is 7.19. The van der Waals surface area contributed by atoms with Crippen LogP contribution < -0.4 is 5.32 Å². The van der Waals surface area contributed by atoms with Gasteiger partial charge < -0.3 is 15.0 Å². The van der Waals surface area contributed by atoms with E-state index in [2.05, 4.69) is 15.2 Å². The SMILES string of the molecule is CCOC(=O)c1c(NC(=O)c2sc3nc(-c4ccc(F)cc4)cn3c2C)sc2c1CCN(C)C2. The number of imidazole rings is 1. The molecule has 34 heavy (non-hydrogen) atoms. The smallest absolute Gasteiger partial charge is 0.341 e. The summed E-state index contributed by atoms with van der Waals surface area (Å²) in [4.78, 5) is 35.1. The molecule has 0 saturated carbocycles. The zero-order valence-corrected chi connectivity index (χ0v) is 20.6. The summed E-state index contributed by atoms with van der Waals surface area (Å²) >= 11 is 2.71. The number of amides is 1. The van der Waals surface area contributed by atoms with E-state index in [0.717, 1.165) is 41.2 Å². The van der Waals surface area contributed by atoms with E-state index in [1.165, 1.54) is 34.8 Å². The third-order valence-electron chi connectivity index (χ3n) is 5.86. The van der Waals surface area contributed by atoms with Gasteiger partial charge in [0.1, 0.15) is 15.7 Å². The molecular formula is C24H23FN4O3S2. The Balaban J connectivity index is 1.46. The number of benzene rings is 1. The number of aromatic nitrogens is 2. The Morgan fingerprint density at radius 2 is 2.00 bits per heavy atom. The Labute approximate surface area is 203 Å². The van der Waals surface area contributed by atoms with E-state index in [1.54, 1.807) is 19.1 Å². The van der Waals surface area contributed by atoms with E-state index in [4.69, 9.17) is 4.74 Å². The Hall–Kier alpha value is -3.08. The Bertz CT molecular complexity index is 1400. The number of esters is 1. The summed E-state index contributed by atoms with van der Waals surface area (Å²) in [5, 5.41) is 3.50. The molecule has 0 spiro atoms. The minimum Gasteiger partial charge on any atom is -0.462 e. The second-order valence-electron chi connectivity index (χ2n) is 8.17. The number of nitrogens with one attached hydrogen (secondary N) is 1. The molecule has 4 aromatic rings. The first-order valence-electron chi connectivity index (χ1n) is 10.9. The molecule has 1 amide bonds. The molecule has 1 aliphatic heterocycles. The highest BCUT2D eigenvalue weighted by Gasteiger charge is 2.29. The number of rotatable bonds is 5. The average molecular weight is 499 g/mol. The van der Waals surface area contributed by atoms with Crippen molar-refractivity contribution < 1.29 is 18.7 Å². The third-order valence-corrected chi connectivity index (χ3v) is 8.15. The van der Waals surface area contributed by atoms with Crippen molar-refractivity contribution in [3.8, 4) is 11.3 Å². The second-order valence-corrected chi connectivity index (χ2v) is 10.3. The first kappa shape index (κ1) is 22.7. The van der Waals surface area contributed by atoms with Crippen LogP contribution in [-0.4, -0.2) is 46.4 Å². The molecule has 10 heteroatoms. The Morgan fingerprint density at radius 1 is 1.24 bits per heavy atom. The van der Waals surface area contributed by atoms with Crippen LogP contribution in [0, 0.1) is 12.7 Å². The number of halogens is 1. The minimum atomic E-state index is -0.401. The van der Waals surface area contributed by atoms with Gasteiger partial charge in [-0.1, -0.05) is 11.3 Å². The van der Waals surface area contributed by atoms with Crippen molar-refractivity contribution in [2.75, 3.05) is 25.5 Å². The van der Waals surface area contributed by atoms with Gasteiger partial charge >= 0.3 is 5.97 Å². The van der Waals surface area contributed by atoms with Crippen LogP contribution in [0.25, 0.3) is 16.2 Å². The Morgan fingerprint density at radius 3 is 2.71 bits per heavy atom. The summed E-state index contributed by atoms with van der Waals surface area (Å²) < 4.78 is 20.4. The van der Waals surface area contributed by atoms with E-state index >= 15 is 0 Å². The maximum absolute atomic E-state index is 13.3. The van der Waals surface area contributed by atoms with Gasteiger partial charge in [-0.2, -0.15) is 0 Å². The average Bonchev–Trinajstić information content (AvgIpc) is 3.46. The molecule has 0 saturated heterocycles. The van der Waals surface area contributed by atoms with Gasteiger partial charge in [0.05, 0.1) is 17.9 Å². The van der Waals surface area contributed by atoms with Crippen molar-refractivity contribution in [1.29, 1.82) is 0 Å². The van der Waals surface area contributed by atoms with Crippen molar-refractivity contribution in [2.24, 2.45) is 0 Å². The van der Waals surface area contributed by atoms with Gasteiger partial charge in [-0.05, 0) is 57.1 Å². The summed E-state index contributed by atoms with van der Waals surface area (Å²) in [6.45, 7) is 5.48. The number of carbonyl (C=O) groups excluding carboxylic acids is 2. The van der Waals surface area contributed by atoms with Crippen molar-refractivity contribution in [1.82, 2.24) is 14.3 Å². The third kappa shape index (κ3) is 4.02. The molecule has 5 rings (SSSR count). The van der Waals surface area contributed by atoms with E-state index in [-0.39, 0.29) is 18.3 Å². The number of hydrogen-bond acceptors (Lipinski definition) is 7. The molecular weight excluding hydrogens is 475 g/mol. The van der Waals surface area contributed by atoms with Gasteiger partial charge in [-0.25, -0.2) is 14.2 Å². The summed E-state index contributed by atoms with van der Waals surface area (Å²) in [7, 11) is 2.04. The first-order valence-corrected chi connectivity index (χ1v) is 12.5. The van der Waals surface area contributed by atoms with Crippen LogP contribution in [0.2, 0.25) is 0 Å². The van der Waals surface area contributed by atoms with Crippen LogP contribution in [0.4, 0.5) is 9.39 Å². The van der Waals surface area contributed by atoms with E-state index in [9.17, 15) is 14.0 Å². The largest absolute Gasteiger partial charge is 0.462 e. The number of aryl methyl sites for hydroxylation is 1. The van der Waals surface area contributed by atoms with Crippen LogP contribution in [0.15, 0.2) is 30.5 Å². The molecule has 0 fully saturated rings. The quantitative estimate of drug-likeness (QED) is 0.393. The number of anilines is 1. The van der Waals surface area contributed by atoms with Gasteiger partial charge in [-0.3, -0.25) is 9.20 Å². The number of likely N-dealkylation sites (N-methyl/N-ethyl adjacent to an activating group) is 1. The van der Waals surface area contributed by atoms with Crippen LogP contribution in [0.1, 0.15) is 43.1 Å². The van der Waals surface area contributed by atoms with Crippen LogP contribution in [0.3, 0.4) is 0 Å². The zero-order valence-electron chi connectivity index (χ0n) is 19.0. The monoisotopic (exact) mass is 498 g/mol. The van der Waals surface area contributed by atoms with Crippen LogP contribution in [0.5, 0.6) is 0 Å². The van der Waals surface area contributed by atoms with Gasteiger partial charge in [0.25, 0.3) is 5.91 Å². The molecule has 1 aliphatic rings. The molecule has 0 unspecified atom stereocenters. The summed E-state index contributed by atoms with van der Waals surface area (Å²) in [5.41, 5.74) is 3.70. The lowest BCUT2D eigenvalue weighted by Gasteiger charge is -2.22. The maximum Gasteiger partial charge on any atom is 0.341 e. The number of nitrogens with zero attached hydrogens (tertiary/aromatic N) is 3. The van der Waals surface area contributed by atoms with Gasteiger partial charge in [-0.15, -0.1) is 11.3 Å². The van der Waals surface area contributed by atoms with Crippen molar-refractivity contribution >= 4 is 44.5 Å². The van der Waals surface area contributed by atoms with E-state index in [1.807, 2.05) is 24.6 Å². The maximum atomic E-state index is 13.3. The van der Waals surface area contributed by atoms with Gasteiger partial charge in [0, 0.05) is 35.4 Å². The summed E-state index contributed by atoms with van der Waals surface area (Å²) in [6, 6.07) is 6.15. The molecule has 0 radical (unpaired) electrons. The normalized spacial score (nSPS) is 13.8. The molecule has 7 nitrogen and oxygen atoms in total. The fourth-order valence-corrected chi connectivity index (χ4v) is 6.43.